The number of benzene rings is 1. The summed E-state index contributed by atoms with van der Waals surface area (Å²) in [4.78, 5) is 19.8. The first kappa shape index (κ1) is 11.6. The number of aromatic nitrogens is 3. The lowest BCUT2D eigenvalue weighted by molar-refractivity contribution is 0.528. The fourth-order valence-electron chi connectivity index (χ4n) is 1.94. The van der Waals surface area contributed by atoms with Gasteiger partial charge in [0, 0.05) is 18.8 Å². The zero-order valence-electron chi connectivity index (χ0n) is 10.3. The molecule has 0 unspecified atom stereocenters. The topological polar surface area (TPSA) is 86.9 Å². The lowest BCUT2D eigenvalue weighted by Crippen LogP contribution is -2.08. The average Bonchev–Trinajstić information content (AvgIpc) is 2.74. The normalized spacial score (nSPS) is 11.1. The summed E-state index contributed by atoms with van der Waals surface area (Å²) in [7, 11) is 1.67. The first-order chi connectivity index (χ1) is 9.19. The van der Waals surface area contributed by atoms with Crippen LogP contribution < -0.4 is 11.5 Å². The second-order valence-corrected chi connectivity index (χ2v) is 4.17. The Morgan fingerprint density at radius 3 is 3.00 bits per heavy atom. The number of nitrogens with zero attached hydrogens (tertiary/aromatic N) is 3. The van der Waals surface area contributed by atoms with Gasteiger partial charge in [-0.3, -0.25) is 4.57 Å². The van der Waals surface area contributed by atoms with Crippen LogP contribution in [0.2, 0.25) is 0 Å². The SMILES string of the molecule is Cn1c(=O)oc2ccc(-c3ccnc(CN)n3)cc21. The van der Waals surface area contributed by atoms with Gasteiger partial charge in [-0.1, -0.05) is 0 Å². The van der Waals surface area contributed by atoms with Crippen LogP contribution in [0.15, 0.2) is 39.7 Å². The van der Waals surface area contributed by atoms with Gasteiger partial charge in [0.1, 0.15) is 5.82 Å². The number of oxazole rings is 1. The van der Waals surface area contributed by atoms with E-state index in [1.54, 1.807) is 25.4 Å². The molecule has 6 heteroatoms. The van der Waals surface area contributed by atoms with Crippen LogP contribution in [0.1, 0.15) is 5.82 Å². The summed E-state index contributed by atoms with van der Waals surface area (Å²) in [6.07, 6.45) is 1.67. The molecule has 0 fully saturated rings. The summed E-state index contributed by atoms with van der Waals surface area (Å²) >= 11 is 0. The fourth-order valence-corrected chi connectivity index (χ4v) is 1.94. The summed E-state index contributed by atoms with van der Waals surface area (Å²) < 4.78 is 6.55. The third-order valence-electron chi connectivity index (χ3n) is 2.98. The molecule has 0 bridgehead atoms. The highest BCUT2D eigenvalue weighted by molar-refractivity contribution is 5.79. The summed E-state index contributed by atoms with van der Waals surface area (Å²) in [5, 5.41) is 0. The highest BCUT2D eigenvalue weighted by atomic mass is 16.4. The molecule has 0 radical (unpaired) electrons. The quantitative estimate of drug-likeness (QED) is 0.740. The van der Waals surface area contributed by atoms with Gasteiger partial charge in [-0.2, -0.15) is 0 Å². The van der Waals surface area contributed by atoms with Gasteiger partial charge in [0.15, 0.2) is 5.58 Å². The van der Waals surface area contributed by atoms with E-state index in [2.05, 4.69) is 9.97 Å². The van der Waals surface area contributed by atoms with Gasteiger partial charge >= 0.3 is 5.76 Å². The van der Waals surface area contributed by atoms with Crippen LogP contribution >= 0.6 is 0 Å². The van der Waals surface area contributed by atoms with Crippen molar-refractivity contribution in [2.45, 2.75) is 6.54 Å². The van der Waals surface area contributed by atoms with Crippen LogP contribution in [0, 0.1) is 0 Å². The van der Waals surface area contributed by atoms with Crippen molar-refractivity contribution in [1.29, 1.82) is 0 Å². The van der Waals surface area contributed by atoms with Crippen molar-refractivity contribution in [3.63, 3.8) is 0 Å². The molecule has 0 aliphatic carbocycles. The number of hydrogen-bond donors (Lipinski definition) is 1. The maximum absolute atomic E-state index is 11.4. The first-order valence-electron chi connectivity index (χ1n) is 5.81. The molecule has 1 aromatic carbocycles. The Kier molecular flexibility index (Phi) is 2.64. The fraction of sp³-hybridized carbons (Fsp3) is 0.154. The molecule has 3 rings (SSSR count). The van der Waals surface area contributed by atoms with Gasteiger partial charge in [0.05, 0.1) is 17.8 Å². The second-order valence-electron chi connectivity index (χ2n) is 4.17. The molecule has 3 aromatic rings. The molecule has 6 nitrogen and oxygen atoms in total. The molecule has 0 atom stereocenters. The van der Waals surface area contributed by atoms with E-state index in [-0.39, 0.29) is 5.76 Å². The van der Waals surface area contributed by atoms with E-state index in [0.717, 1.165) is 16.8 Å². The van der Waals surface area contributed by atoms with Crippen molar-refractivity contribution < 1.29 is 4.42 Å². The molecule has 0 spiro atoms. The van der Waals surface area contributed by atoms with Gasteiger partial charge in [0.2, 0.25) is 0 Å². The summed E-state index contributed by atoms with van der Waals surface area (Å²) in [5.41, 5.74) is 8.48. The van der Waals surface area contributed by atoms with E-state index in [9.17, 15) is 4.79 Å². The lowest BCUT2D eigenvalue weighted by atomic mass is 10.1. The Hall–Kier alpha value is -2.47. The Balaban J connectivity index is 2.19. The summed E-state index contributed by atoms with van der Waals surface area (Å²) in [6, 6.07) is 7.28. The van der Waals surface area contributed by atoms with E-state index in [0.29, 0.717) is 18.0 Å². The largest absolute Gasteiger partial charge is 0.419 e. The van der Waals surface area contributed by atoms with Crippen LogP contribution in [-0.2, 0) is 13.6 Å². The minimum absolute atomic E-state index is 0.292. The molecular formula is C13H12N4O2. The number of nitrogens with two attached hydrogens (primary N) is 1. The third-order valence-corrected chi connectivity index (χ3v) is 2.98. The van der Waals surface area contributed by atoms with Crippen LogP contribution in [0.4, 0.5) is 0 Å². The molecule has 0 aliphatic rings. The minimum atomic E-state index is -0.377. The molecule has 2 N–H and O–H groups in total. The minimum Gasteiger partial charge on any atom is -0.408 e. The van der Waals surface area contributed by atoms with Gasteiger partial charge < -0.3 is 10.2 Å². The molecular weight excluding hydrogens is 244 g/mol. The van der Waals surface area contributed by atoms with E-state index in [1.165, 1.54) is 4.57 Å². The van der Waals surface area contributed by atoms with Crippen LogP contribution in [0.25, 0.3) is 22.4 Å². The van der Waals surface area contributed by atoms with Crippen LogP contribution in [-0.4, -0.2) is 14.5 Å². The summed E-state index contributed by atoms with van der Waals surface area (Å²) in [5.74, 6) is 0.205. The molecule has 2 heterocycles. The van der Waals surface area contributed by atoms with Gasteiger partial charge in [-0.15, -0.1) is 0 Å². The highest BCUT2D eigenvalue weighted by Gasteiger charge is 2.08. The standard InChI is InChI=1S/C13H12N4O2/c1-17-10-6-8(2-3-11(10)19-13(17)18)9-4-5-15-12(7-14)16-9/h2-6H,7,14H2,1H3. The van der Waals surface area contributed by atoms with Crippen molar-refractivity contribution in [2.75, 3.05) is 0 Å². The van der Waals surface area contributed by atoms with Crippen LogP contribution in [0.3, 0.4) is 0 Å². The number of rotatable bonds is 2. The first-order valence-corrected chi connectivity index (χ1v) is 5.81. The molecule has 0 aliphatic heterocycles. The Morgan fingerprint density at radius 1 is 1.37 bits per heavy atom. The third kappa shape index (κ3) is 1.92. The molecule has 96 valence electrons. The van der Waals surface area contributed by atoms with Gasteiger partial charge in [-0.25, -0.2) is 14.8 Å². The van der Waals surface area contributed by atoms with Crippen molar-refractivity contribution in [3.8, 4) is 11.3 Å². The Labute approximate surface area is 108 Å². The predicted octanol–water partition coefficient (Wildman–Crippen LogP) is 1.05. The van der Waals surface area contributed by atoms with Crippen LogP contribution in [0.5, 0.6) is 0 Å². The van der Waals surface area contributed by atoms with Crippen molar-refractivity contribution in [1.82, 2.24) is 14.5 Å². The molecule has 19 heavy (non-hydrogen) atoms. The monoisotopic (exact) mass is 256 g/mol. The lowest BCUT2D eigenvalue weighted by Gasteiger charge is -2.02. The van der Waals surface area contributed by atoms with E-state index >= 15 is 0 Å². The zero-order valence-corrected chi connectivity index (χ0v) is 10.3. The molecule has 0 amide bonds. The van der Waals surface area contributed by atoms with E-state index in [1.807, 2.05) is 12.1 Å². The zero-order chi connectivity index (χ0) is 13.4. The molecule has 0 saturated carbocycles. The maximum Gasteiger partial charge on any atom is 0.419 e. The van der Waals surface area contributed by atoms with E-state index in [4.69, 9.17) is 10.2 Å². The Bertz CT molecular complexity index is 804. The number of fused-ring (bicyclic) bond motifs is 1. The predicted molar refractivity (Wildman–Crippen MR) is 70.4 cm³/mol. The molecule has 0 saturated heterocycles. The Morgan fingerprint density at radius 2 is 2.21 bits per heavy atom. The van der Waals surface area contributed by atoms with Gasteiger partial charge in [0.25, 0.3) is 0 Å². The summed E-state index contributed by atoms with van der Waals surface area (Å²) in [6.45, 7) is 0.292. The highest BCUT2D eigenvalue weighted by Crippen LogP contribution is 2.22. The number of hydrogen-bond acceptors (Lipinski definition) is 5. The molecule has 2 aromatic heterocycles. The smallest absolute Gasteiger partial charge is 0.408 e. The maximum atomic E-state index is 11.4. The number of aryl methyl sites for hydroxylation is 1. The van der Waals surface area contributed by atoms with Crippen molar-refractivity contribution >= 4 is 11.1 Å². The van der Waals surface area contributed by atoms with Crippen molar-refractivity contribution in [3.05, 3.63) is 46.8 Å². The van der Waals surface area contributed by atoms with Gasteiger partial charge in [-0.05, 0) is 24.3 Å². The van der Waals surface area contributed by atoms with E-state index < -0.39 is 0 Å². The van der Waals surface area contributed by atoms with Crippen molar-refractivity contribution in [2.24, 2.45) is 12.8 Å². The average molecular weight is 256 g/mol. The second kappa shape index (κ2) is 4.33.